The summed E-state index contributed by atoms with van der Waals surface area (Å²) >= 11 is 0. The molecule has 2 saturated heterocycles. The van der Waals surface area contributed by atoms with E-state index in [1.807, 2.05) is 11.8 Å². The molecule has 2 fully saturated rings. The Morgan fingerprint density at radius 2 is 1.84 bits per heavy atom. The summed E-state index contributed by atoms with van der Waals surface area (Å²) in [4.78, 5) is 27.8. The normalized spacial score (nSPS) is 20.6. The summed E-state index contributed by atoms with van der Waals surface area (Å²) in [6, 6.07) is 0. The lowest BCUT2D eigenvalue weighted by atomic mass is 10.1. The lowest BCUT2D eigenvalue weighted by Crippen LogP contribution is -2.39. The van der Waals surface area contributed by atoms with E-state index in [1.165, 1.54) is 4.31 Å². The first-order valence-corrected chi connectivity index (χ1v) is 11.1. The molecule has 0 saturated carbocycles. The third kappa shape index (κ3) is 5.95. The van der Waals surface area contributed by atoms with E-state index in [-0.39, 0.29) is 17.6 Å². The smallest absolute Gasteiger partial charge is 0.222 e. The second kappa shape index (κ2) is 9.52. The number of piperidine rings is 1. The van der Waals surface area contributed by atoms with Gasteiger partial charge in [0, 0.05) is 52.1 Å². The monoisotopic (exact) mass is 373 g/mol. The number of sulfonamides is 1. The summed E-state index contributed by atoms with van der Waals surface area (Å²) < 4.78 is 25.9. The Morgan fingerprint density at radius 3 is 2.56 bits per heavy atom. The Bertz CT molecular complexity index is 564. The van der Waals surface area contributed by atoms with Crippen molar-refractivity contribution in [1.29, 1.82) is 0 Å². The third-order valence-corrected chi connectivity index (χ3v) is 6.98. The van der Waals surface area contributed by atoms with Crippen molar-refractivity contribution >= 4 is 21.8 Å². The molecule has 2 amide bonds. The molecule has 2 aliphatic rings. The molecule has 0 bridgehead atoms. The predicted molar refractivity (Wildman–Crippen MR) is 96.5 cm³/mol. The van der Waals surface area contributed by atoms with Crippen LogP contribution >= 0.6 is 0 Å². The fraction of sp³-hybridized carbons (Fsp3) is 0.882. The van der Waals surface area contributed by atoms with Crippen molar-refractivity contribution in [3.63, 3.8) is 0 Å². The number of carbonyl (C=O) groups is 2. The molecule has 8 heteroatoms. The van der Waals surface area contributed by atoms with Gasteiger partial charge in [0.2, 0.25) is 21.8 Å². The fourth-order valence-electron chi connectivity index (χ4n) is 3.49. The van der Waals surface area contributed by atoms with Crippen LogP contribution in [0.3, 0.4) is 0 Å². The van der Waals surface area contributed by atoms with Crippen molar-refractivity contribution in [1.82, 2.24) is 14.1 Å². The Balaban J connectivity index is 1.76. The Labute approximate surface area is 151 Å². The summed E-state index contributed by atoms with van der Waals surface area (Å²) in [6.45, 7) is 5.27. The fourth-order valence-corrected chi connectivity index (χ4v) is 5.03. The van der Waals surface area contributed by atoms with E-state index in [4.69, 9.17) is 0 Å². The van der Waals surface area contributed by atoms with E-state index in [1.54, 1.807) is 4.90 Å². The predicted octanol–water partition coefficient (Wildman–Crippen LogP) is 1.05. The highest BCUT2D eigenvalue weighted by Crippen LogP contribution is 2.13. The van der Waals surface area contributed by atoms with Crippen LogP contribution in [0.5, 0.6) is 0 Å². The number of likely N-dealkylation sites (tertiary alicyclic amines) is 1. The summed E-state index contributed by atoms with van der Waals surface area (Å²) in [6.07, 6.45) is 5.04. The molecule has 2 aliphatic heterocycles. The molecule has 0 aromatic carbocycles. The average molecular weight is 374 g/mol. The summed E-state index contributed by atoms with van der Waals surface area (Å²) in [5, 5.41) is 0. The van der Waals surface area contributed by atoms with Gasteiger partial charge in [-0.2, -0.15) is 0 Å². The van der Waals surface area contributed by atoms with Crippen LogP contribution in [-0.2, 0) is 19.6 Å². The maximum absolute atomic E-state index is 12.4. The number of carbonyl (C=O) groups excluding carboxylic acids is 2. The molecule has 7 nitrogen and oxygen atoms in total. The molecule has 2 rings (SSSR count). The molecule has 2 heterocycles. The summed E-state index contributed by atoms with van der Waals surface area (Å²) in [5.74, 6) is 0.439. The van der Waals surface area contributed by atoms with Crippen LogP contribution in [0.4, 0.5) is 0 Å². The zero-order valence-corrected chi connectivity index (χ0v) is 16.1. The van der Waals surface area contributed by atoms with E-state index in [9.17, 15) is 18.0 Å². The van der Waals surface area contributed by atoms with Crippen LogP contribution in [0.15, 0.2) is 0 Å². The molecule has 25 heavy (non-hydrogen) atoms. The molecule has 0 atom stereocenters. The number of nitrogens with zero attached hydrogens (tertiary/aromatic N) is 3. The van der Waals surface area contributed by atoms with Crippen LogP contribution in [0.2, 0.25) is 0 Å². The Morgan fingerprint density at radius 1 is 1.04 bits per heavy atom. The number of hydrogen-bond donors (Lipinski definition) is 0. The maximum atomic E-state index is 12.4. The minimum Gasteiger partial charge on any atom is -0.343 e. The maximum Gasteiger partial charge on any atom is 0.222 e. The van der Waals surface area contributed by atoms with Crippen molar-refractivity contribution in [2.45, 2.75) is 51.9 Å². The Hall–Kier alpha value is -1.15. The molecule has 0 aromatic rings. The van der Waals surface area contributed by atoms with Crippen molar-refractivity contribution in [2.75, 3.05) is 45.0 Å². The first-order valence-electron chi connectivity index (χ1n) is 9.47. The van der Waals surface area contributed by atoms with E-state index in [0.29, 0.717) is 64.8 Å². The summed E-state index contributed by atoms with van der Waals surface area (Å²) in [7, 11) is -3.19. The van der Waals surface area contributed by atoms with Gasteiger partial charge in [-0.1, -0.05) is 6.92 Å². The van der Waals surface area contributed by atoms with Gasteiger partial charge in [0.1, 0.15) is 0 Å². The van der Waals surface area contributed by atoms with Gasteiger partial charge < -0.3 is 9.80 Å². The van der Waals surface area contributed by atoms with E-state index < -0.39 is 10.0 Å². The van der Waals surface area contributed by atoms with Crippen LogP contribution in [-0.4, -0.2) is 79.4 Å². The standard InChI is InChI=1S/C17H31N3O4S/c1-2-15-25(23,24)20-12-6-11-19(13-14-20)17(22)8-5-10-18-9-4-3-7-16(18)21/h2-15H2,1H3. The molecule has 0 N–H and O–H groups in total. The van der Waals surface area contributed by atoms with Gasteiger partial charge in [-0.05, 0) is 32.1 Å². The molecule has 0 spiro atoms. The largest absolute Gasteiger partial charge is 0.343 e. The first-order chi connectivity index (χ1) is 11.9. The van der Waals surface area contributed by atoms with Crippen LogP contribution in [0.25, 0.3) is 0 Å². The van der Waals surface area contributed by atoms with Gasteiger partial charge in [0.15, 0.2) is 0 Å². The van der Waals surface area contributed by atoms with Crippen LogP contribution in [0, 0.1) is 0 Å². The highest BCUT2D eigenvalue weighted by atomic mass is 32.2. The first kappa shape index (κ1) is 20.2. The van der Waals surface area contributed by atoms with E-state index >= 15 is 0 Å². The van der Waals surface area contributed by atoms with Gasteiger partial charge in [-0.15, -0.1) is 0 Å². The van der Waals surface area contributed by atoms with E-state index in [0.717, 1.165) is 19.4 Å². The van der Waals surface area contributed by atoms with Gasteiger partial charge in [-0.25, -0.2) is 12.7 Å². The quantitative estimate of drug-likeness (QED) is 0.668. The molecule has 144 valence electrons. The van der Waals surface area contributed by atoms with Crippen molar-refractivity contribution in [2.24, 2.45) is 0 Å². The Kier molecular flexibility index (Phi) is 7.68. The third-order valence-electron chi connectivity index (χ3n) is 4.90. The molecule has 0 aliphatic carbocycles. The highest BCUT2D eigenvalue weighted by molar-refractivity contribution is 7.89. The van der Waals surface area contributed by atoms with Gasteiger partial charge in [0.05, 0.1) is 5.75 Å². The zero-order chi connectivity index (χ0) is 18.3. The molecule has 0 unspecified atom stereocenters. The van der Waals surface area contributed by atoms with Crippen LogP contribution in [0.1, 0.15) is 51.9 Å². The second-order valence-corrected chi connectivity index (χ2v) is 8.98. The minimum atomic E-state index is -3.19. The van der Waals surface area contributed by atoms with Crippen molar-refractivity contribution < 1.29 is 18.0 Å². The number of hydrogen-bond acceptors (Lipinski definition) is 4. The van der Waals surface area contributed by atoms with Crippen molar-refractivity contribution in [3.8, 4) is 0 Å². The van der Waals surface area contributed by atoms with Gasteiger partial charge in [-0.3, -0.25) is 9.59 Å². The number of rotatable bonds is 7. The highest BCUT2D eigenvalue weighted by Gasteiger charge is 2.26. The average Bonchev–Trinajstić information content (AvgIpc) is 2.83. The molecule has 0 radical (unpaired) electrons. The van der Waals surface area contributed by atoms with Crippen LogP contribution < -0.4 is 0 Å². The molecular formula is C17H31N3O4S. The lowest BCUT2D eigenvalue weighted by molar-refractivity contribution is -0.135. The second-order valence-electron chi connectivity index (χ2n) is 6.89. The van der Waals surface area contributed by atoms with Gasteiger partial charge >= 0.3 is 0 Å². The van der Waals surface area contributed by atoms with Gasteiger partial charge in [0.25, 0.3) is 0 Å². The number of amides is 2. The molecular weight excluding hydrogens is 342 g/mol. The van der Waals surface area contributed by atoms with Crippen molar-refractivity contribution in [3.05, 3.63) is 0 Å². The molecule has 0 aromatic heterocycles. The topological polar surface area (TPSA) is 78.0 Å². The minimum absolute atomic E-state index is 0.0687. The zero-order valence-electron chi connectivity index (χ0n) is 15.3. The van der Waals surface area contributed by atoms with E-state index in [2.05, 4.69) is 0 Å². The summed E-state index contributed by atoms with van der Waals surface area (Å²) in [5.41, 5.74) is 0. The lowest BCUT2D eigenvalue weighted by Gasteiger charge is -2.27. The SMILES string of the molecule is CCCS(=O)(=O)N1CCCN(C(=O)CCCN2CCCCC2=O)CC1.